The molecule has 0 atom stereocenters. The highest BCUT2D eigenvalue weighted by atomic mass is 32.2. The van der Waals surface area contributed by atoms with Crippen LogP contribution in [0.4, 0.5) is 0 Å². The molecule has 1 heterocycles. The first-order valence-electron chi connectivity index (χ1n) is 6.83. The minimum absolute atomic E-state index is 0.00685. The average Bonchev–Trinajstić information content (AvgIpc) is 3.00. The fourth-order valence-corrected chi connectivity index (χ4v) is 2.36. The van der Waals surface area contributed by atoms with E-state index in [1.54, 1.807) is 25.3 Å². The smallest absolute Gasteiger partial charge is 0.348 e. The van der Waals surface area contributed by atoms with E-state index >= 15 is 0 Å². The Morgan fingerprint density at radius 3 is 2.58 bits per heavy atom. The number of hydrogen-bond donors (Lipinski definition) is 1. The number of nitrogens with two attached hydrogens (primary N) is 1. The van der Waals surface area contributed by atoms with Crippen LogP contribution in [0.25, 0.3) is 11.8 Å². The van der Waals surface area contributed by atoms with Gasteiger partial charge in [0.15, 0.2) is 0 Å². The summed E-state index contributed by atoms with van der Waals surface area (Å²) in [5.41, 5.74) is 0.818. The number of sulfonamides is 1. The molecule has 0 aliphatic heterocycles. The fraction of sp³-hybridized carbons (Fsp3) is 0.133. The van der Waals surface area contributed by atoms with Gasteiger partial charge in [0, 0.05) is 6.20 Å². The van der Waals surface area contributed by atoms with Gasteiger partial charge in [-0.15, -0.1) is 0 Å². The predicted octanol–water partition coefficient (Wildman–Crippen LogP) is 0.990. The largest absolute Gasteiger partial charge is 0.462 e. The highest BCUT2D eigenvalue weighted by Gasteiger charge is 2.11. The molecule has 2 N–H and O–H groups in total. The second-order valence-electron chi connectivity index (χ2n) is 4.61. The van der Waals surface area contributed by atoms with Crippen LogP contribution in [0.15, 0.2) is 47.0 Å². The molecule has 0 saturated carbocycles. The Kier molecular flexibility index (Phi) is 5.13. The van der Waals surface area contributed by atoms with Crippen LogP contribution >= 0.6 is 0 Å². The van der Waals surface area contributed by atoms with Crippen molar-refractivity contribution < 1.29 is 17.9 Å². The third-order valence-electron chi connectivity index (χ3n) is 2.95. The normalized spacial score (nSPS) is 11.8. The molecule has 0 amide bonds. The fourth-order valence-electron chi connectivity index (χ4n) is 1.84. The molecule has 0 radical (unpaired) electrons. The van der Waals surface area contributed by atoms with Crippen molar-refractivity contribution in [3.63, 3.8) is 0 Å². The van der Waals surface area contributed by atoms with Crippen molar-refractivity contribution in [1.82, 2.24) is 9.78 Å². The van der Waals surface area contributed by atoms with E-state index in [1.807, 2.05) is 0 Å². The Morgan fingerprint density at radius 2 is 2.04 bits per heavy atom. The number of nitriles is 1. The monoisotopic (exact) mass is 346 g/mol. The van der Waals surface area contributed by atoms with E-state index in [0.29, 0.717) is 11.4 Å². The van der Waals surface area contributed by atoms with Crippen LogP contribution in [-0.2, 0) is 19.6 Å². The van der Waals surface area contributed by atoms with Gasteiger partial charge < -0.3 is 4.74 Å². The molecule has 0 saturated heterocycles. The molecular weight excluding hydrogens is 332 g/mol. The lowest BCUT2D eigenvalue weighted by atomic mass is 10.2. The number of carbonyl (C=O) groups is 1. The average molecular weight is 346 g/mol. The summed E-state index contributed by atoms with van der Waals surface area (Å²) in [4.78, 5) is 11.6. The van der Waals surface area contributed by atoms with Crippen LogP contribution in [0, 0.1) is 11.3 Å². The van der Waals surface area contributed by atoms with Crippen molar-refractivity contribution in [3.8, 4) is 11.8 Å². The molecule has 0 aliphatic rings. The van der Waals surface area contributed by atoms with Gasteiger partial charge in [0.25, 0.3) is 0 Å². The van der Waals surface area contributed by atoms with E-state index in [0.717, 1.165) is 0 Å². The maximum absolute atomic E-state index is 11.6. The summed E-state index contributed by atoms with van der Waals surface area (Å²) in [5, 5.41) is 18.2. The third-order valence-corrected chi connectivity index (χ3v) is 3.88. The second-order valence-corrected chi connectivity index (χ2v) is 6.18. The van der Waals surface area contributed by atoms with Gasteiger partial charge in [0.05, 0.1) is 22.9 Å². The zero-order valence-corrected chi connectivity index (χ0v) is 13.5. The van der Waals surface area contributed by atoms with Crippen molar-refractivity contribution in [2.75, 3.05) is 6.61 Å². The highest BCUT2D eigenvalue weighted by molar-refractivity contribution is 7.89. The lowest BCUT2D eigenvalue weighted by Crippen LogP contribution is -2.12. The number of rotatable bonds is 5. The lowest BCUT2D eigenvalue weighted by Gasteiger charge is -2.02. The van der Waals surface area contributed by atoms with Gasteiger partial charge in [-0.3, -0.25) is 0 Å². The number of primary sulfonamides is 1. The Bertz CT molecular complexity index is 921. The highest BCUT2D eigenvalue weighted by Crippen LogP contribution is 2.14. The third kappa shape index (κ3) is 4.07. The summed E-state index contributed by atoms with van der Waals surface area (Å²) in [7, 11) is -3.76. The van der Waals surface area contributed by atoms with Gasteiger partial charge in [-0.05, 0) is 43.3 Å². The number of esters is 1. The number of aromatic nitrogens is 2. The van der Waals surface area contributed by atoms with Crippen molar-refractivity contribution in [2.24, 2.45) is 5.14 Å². The van der Waals surface area contributed by atoms with Gasteiger partial charge in [0.2, 0.25) is 10.0 Å². The first-order valence-corrected chi connectivity index (χ1v) is 8.37. The second kappa shape index (κ2) is 7.08. The van der Waals surface area contributed by atoms with Crippen LogP contribution in [0.2, 0.25) is 0 Å². The summed E-state index contributed by atoms with van der Waals surface area (Å²) < 4.78 is 28.7. The maximum atomic E-state index is 11.6. The lowest BCUT2D eigenvalue weighted by molar-refractivity contribution is -0.137. The van der Waals surface area contributed by atoms with Crippen molar-refractivity contribution in [3.05, 3.63) is 47.8 Å². The Labute approximate surface area is 138 Å². The van der Waals surface area contributed by atoms with E-state index in [2.05, 4.69) is 5.10 Å². The maximum Gasteiger partial charge on any atom is 0.348 e. The Balaban J connectivity index is 2.28. The zero-order valence-electron chi connectivity index (χ0n) is 12.7. The molecule has 124 valence electrons. The number of hydrogen-bond acceptors (Lipinski definition) is 6. The molecule has 24 heavy (non-hydrogen) atoms. The standard InChI is InChI=1S/C15H14N4O4S/c1-2-23-15(20)11(10-16)9-12-7-8-19(18-12)13-3-5-14(6-4-13)24(17,21)22/h3-9H,2H2,1H3,(H2,17,21,22). The minimum Gasteiger partial charge on any atom is -0.462 e. The minimum atomic E-state index is -3.76. The van der Waals surface area contributed by atoms with E-state index < -0.39 is 16.0 Å². The Morgan fingerprint density at radius 1 is 1.38 bits per heavy atom. The number of carbonyl (C=O) groups excluding carboxylic acids is 1. The summed E-state index contributed by atoms with van der Waals surface area (Å²) >= 11 is 0. The van der Waals surface area contributed by atoms with E-state index in [9.17, 15) is 13.2 Å². The van der Waals surface area contributed by atoms with Gasteiger partial charge in [0.1, 0.15) is 11.6 Å². The van der Waals surface area contributed by atoms with E-state index in [-0.39, 0.29) is 17.1 Å². The molecule has 2 rings (SSSR count). The molecule has 9 heteroatoms. The van der Waals surface area contributed by atoms with Gasteiger partial charge in [-0.2, -0.15) is 10.4 Å². The molecule has 0 spiro atoms. The summed E-state index contributed by atoms with van der Waals surface area (Å²) in [6.45, 7) is 1.81. The molecule has 0 bridgehead atoms. The summed E-state index contributed by atoms with van der Waals surface area (Å²) in [6.07, 6.45) is 2.92. The van der Waals surface area contributed by atoms with Gasteiger partial charge >= 0.3 is 5.97 Å². The zero-order chi connectivity index (χ0) is 17.7. The van der Waals surface area contributed by atoms with Crippen molar-refractivity contribution in [1.29, 1.82) is 5.26 Å². The van der Waals surface area contributed by atoms with Crippen molar-refractivity contribution in [2.45, 2.75) is 11.8 Å². The van der Waals surface area contributed by atoms with Gasteiger partial charge in [-0.1, -0.05) is 0 Å². The molecule has 8 nitrogen and oxygen atoms in total. The SMILES string of the molecule is CCOC(=O)C(C#N)=Cc1ccn(-c2ccc(S(N)(=O)=O)cc2)n1. The van der Waals surface area contributed by atoms with E-state index in [4.69, 9.17) is 15.1 Å². The van der Waals surface area contributed by atoms with Gasteiger partial charge in [-0.25, -0.2) is 23.0 Å². The molecule has 1 aromatic heterocycles. The first kappa shape index (κ1) is 17.4. The van der Waals surface area contributed by atoms with Crippen LogP contribution in [-0.4, -0.2) is 30.8 Å². The first-order chi connectivity index (χ1) is 11.3. The predicted molar refractivity (Wildman–Crippen MR) is 85.2 cm³/mol. The van der Waals surface area contributed by atoms with E-state index in [1.165, 1.54) is 35.0 Å². The molecule has 1 aromatic carbocycles. The molecule has 0 aliphatic carbocycles. The van der Waals surface area contributed by atoms with Crippen LogP contribution < -0.4 is 5.14 Å². The van der Waals surface area contributed by atoms with Crippen LogP contribution in [0.5, 0.6) is 0 Å². The molecule has 0 fully saturated rings. The van der Waals surface area contributed by atoms with Crippen LogP contribution in [0.1, 0.15) is 12.6 Å². The topological polar surface area (TPSA) is 128 Å². The summed E-state index contributed by atoms with van der Waals surface area (Å²) in [5.74, 6) is -0.716. The molecular formula is C15H14N4O4S. The number of ether oxygens (including phenoxy) is 1. The van der Waals surface area contributed by atoms with Crippen LogP contribution in [0.3, 0.4) is 0 Å². The number of benzene rings is 1. The molecule has 0 unspecified atom stereocenters. The quantitative estimate of drug-likeness (QED) is 0.488. The van der Waals surface area contributed by atoms with Crippen molar-refractivity contribution >= 4 is 22.1 Å². The number of nitrogens with zero attached hydrogens (tertiary/aromatic N) is 3. The Hall–Kier alpha value is -2.96. The molecule has 2 aromatic rings. The summed E-state index contributed by atoms with van der Waals surface area (Å²) in [6, 6.07) is 9.17.